The third-order valence-electron chi connectivity index (χ3n) is 2.41. The van der Waals surface area contributed by atoms with Crippen molar-refractivity contribution >= 4 is 39.1 Å². The molecule has 0 heterocycles. The van der Waals surface area contributed by atoms with Crippen molar-refractivity contribution in [3.63, 3.8) is 0 Å². The molecule has 0 bridgehead atoms. The second kappa shape index (κ2) is 5.85. The summed E-state index contributed by atoms with van der Waals surface area (Å²) in [5, 5.41) is 2.22. The molecule has 7 heteroatoms. The lowest BCUT2D eigenvalue weighted by Gasteiger charge is -2.09. The molecule has 0 aliphatic rings. The molecule has 0 aliphatic heterocycles. The third-order valence-corrected chi connectivity index (χ3v) is 3.20. The van der Waals surface area contributed by atoms with Gasteiger partial charge in [0.05, 0.1) is 10.7 Å². The van der Waals surface area contributed by atoms with Crippen LogP contribution in [0.25, 0.3) is 0 Å². The lowest BCUT2D eigenvalue weighted by Crippen LogP contribution is -2.16. The summed E-state index contributed by atoms with van der Waals surface area (Å²) >= 11 is 8.66. The number of benzene rings is 2. The van der Waals surface area contributed by atoms with Crippen molar-refractivity contribution in [3.8, 4) is 0 Å². The van der Waals surface area contributed by atoms with Crippen LogP contribution in [-0.4, -0.2) is 5.91 Å². The van der Waals surface area contributed by atoms with Crippen LogP contribution in [0, 0.1) is 17.5 Å². The molecule has 0 atom stereocenters. The summed E-state index contributed by atoms with van der Waals surface area (Å²) in [4.78, 5) is 11.8. The van der Waals surface area contributed by atoms with E-state index in [2.05, 4.69) is 21.2 Å². The summed E-state index contributed by atoms with van der Waals surface area (Å²) in [6.45, 7) is 0. The summed E-state index contributed by atoms with van der Waals surface area (Å²) in [5.74, 6) is -3.77. The Hall–Kier alpha value is -1.53. The topological polar surface area (TPSA) is 29.1 Å². The number of nitrogens with one attached hydrogen (secondary N) is 1. The summed E-state index contributed by atoms with van der Waals surface area (Å²) in [7, 11) is 0. The van der Waals surface area contributed by atoms with Crippen LogP contribution in [0.4, 0.5) is 18.9 Å². The summed E-state index contributed by atoms with van der Waals surface area (Å²) < 4.78 is 40.4. The largest absolute Gasteiger partial charge is 0.320 e. The summed E-state index contributed by atoms with van der Waals surface area (Å²) in [6, 6.07) is 5.17. The Morgan fingerprint density at radius 1 is 1.10 bits per heavy atom. The number of halogens is 5. The number of hydrogen-bond donors (Lipinski definition) is 1. The fraction of sp³-hybridized carbons (Fsp3) is 0. The first-order valence-electron chi connectivity index (χ1n) is 5.29. The van der Waals surface area contributed by atoms with Gasteiger partial charge in [0.1, 0.15) is 23.0 Å². The van der Waals surface area contributed by atoms with E-state index in [1.807, 2.05) is 0 Å². The smallest absolute Gasteiger partial charge is 0.261 e. The van der Waals surface area contributed by atoms with Gasteiger partial charge >= 0.3 is 0 Å². The van der Waals surface area contributed by atoms with Crippen LogP contribution in [0.2, 0.25) is 5.02 Å². The Balaban J connectivity index is 2.36. The van der Waals surface area contributed by atoms with Crippen LogP contribution >= 0.6 is 27.5 Å². The fourth-order valence-electron chi connectivity index (χ4n) is 1.54. The molecule has 1 N–H and O–H groups in total. The Morgan fingerprint density at radius 2 is 1.70 bits per heavy atom. The summed E-state index contributed by atoms with van der Waals surface area (Å²) in [5.41, 5.74) is -0.841. The molecule has 20 heavy (non-hydrogen) atoms. The molecule has 2 rings (SSSR count). The van der Waals surface area contributed by atoms with E-state index < -0.39 is 28.9 Å². The van der Waals surface area contributed by atoms with Gasteiger partial charge in [0.15, 0.2) is 0 Å². The van der Waals surface area contributed by atoms with Gasteiger partial charge in [-0.1, -0.05) is 27.5 Å². The monoisotopic (exact) mass is 363 g/mol. The van der Waals surface area contributed by atoms with Crippen molar-refractivity contribution in [1.29, 1.82) is 0 Å². The van der Waals surface area contributed by atoms with Crippen molar-refractivity contribution in [3.05, 3.63) is 62.8 Å². The van der Waals surface area contributed by atoms with E-state index in [0.29, 0.717) is 0 Å². The lowest BCUT2D eigenvalue weighted by molar-refractivity contribution is 0.101. The van der Waals surface area contributed by atoms with Crippen LogP contribution in [0.1, 0.15) is 10.4 Å². The van der Waals surface area contributed by atoms with Crippen molar-refractivity contribution in [1.82, 2.24) is 0 Å². The second-order valence-electron chi connectivity index (χ2n) is 3.82. The maximum atomic E-state index is 13.6. The normalized spacial score (nSPS) is 10.4. The Kier molecular flexibility index (Phi) is 4.35. The van der Waals surface area contributed by atoms with Crippen molar-refractivity contribution < 1.29 is 18.0 Å². The average Bonchev–Trinajstić information content (AvgIpc) is 2.32. The molecule has 2 aromatic rings. The zero-order chi connectivity index (χ0) is 14.9. The summed E-state index contributed by atoms with van der Waals surface area (Å²) in [6.07, 6.45) is 0. The van der Waals surface area contributed by atoms with Crippen molar-refractivity contribution in [2.24, 2.45) is 0 Å². The molecule has 2 aromatic carbocycles. The molecule has 0 saturated carbocycles. The lowest BCUT2D eigenvalue weighted by atomic mass is 10.1. The quantitative estimate of drug-likeness (QED) is 0.817. The van der Waals surface area contributed by atoms with Gasteiger partial charge in [-0.3, -0.25) is 4.79 Å². The van der Waals surface area contributed by atoms with Gasteiger partial charge in [0.2, 0.25) is 0 Å². The number of amides is 1. The molecule has 0 spiro atoms. The van der Waals surface area contributed by atoms with Crippen LogP contribution in [0.15, 0.2) is 34.8 Å². The van der Waals surface area contributed by atoms with Gasteiger partial charge in [-0.2, -0.15) is 0 Å². The van der Waals surface area contributed by atoms with Crippen LogP contribution in [-0.2, 0) is 0 Å². The number of rotatable bonds is 2. The molecule has 0 aromatic heterocycles. The predicted molar refractivity (Wildman–Crippen MR) is 73.4 cm³/mol. The van der Waals surface area contributed by atoms with Crippen LogP contribution < -0.4 is 5.32 Å². The molecule has 104 valence electrons. The van der Waals surface area contributed by atoms with Gasteiger partial charge in [-0.25, -0.2) is 13.2 Å². The van der Waals surface area contributed by atoms with E-state index in [1.165, 1.54) is 6.07 Å². The zero-order valence-electron chi connectivity index (χ0n) is 9.68. The minimum Gasteiger partial charge on any atom is -0.320 e. The molecule has 1 amide bonds. The maximum absolute atomic E-state index is 13.6. The molecular formula is C13H6BrClF3NO. The highest BCUT2D eigenvalue weighted by atomic mass is 79.9. The Labute approximate surface area is 125 Å². The number of hydrogen-bond acceptors (Lipinski definition) is 1. The van der Waals surface area contributed by atoms with Gasteiger partial charge < -0.3 is 5.32 Å². The van der Waals surface area contributed by atoms with E-state index in [9.17, 15) is 18.0 Å². The first-order chi connectivity index (χ1) is 9.38. The Bertz CT molecular complexity index is 670. The number of anilines is 1. The molecule has 2 nitrogen and oxygen atoms in total. The first kappa shape index (κ1) is 14.9. The van der Waals surface area contributed by atoms with Gasteiger partial charge in [-0.05, 0) is 30.3 Å². The van der Waals surface area contributed by atoms with Crippen LogP contribution in [0.3, 0.4) is 0 Å². The zero-order valence-corrected chi connectivity index (χ0v) is 12.0. The highest BCUT2D eigenvalue weighted by molar-refractivity contribution is 9.10. The van der Waals surface area contributed by atoms with Crippen molar-refractivity contribution in [2.45, 2.75) is 0 Å². The highest BCUT2D eigenvalue weighted by Crippen LogP contribution is 2.25. The van der Waals surface area contributed by atoms with Gasteiger partial charge in [0.25, 0.3) is 5.91 Å². The molecule has 0 aliphatic carbocycles. The van der Waals surface area contributed by atoms with E-state index in [1.54, 1.807) is 0 Å². The van der Waals surface area contributed by atoms with E-state index in [4.69, 9.17) is 11.6 Å². The molecule has 0 saturated heterocycles. The minimum atomic E-state index is -1.06. The molecular weight excluding hydrogens is 358 g/mol. The van der Waals surface area contributed by atoms with Crippen LogP contribution in [0.5, 0.6) is 0 Å². The Morgan fingerprint density at radius 3 is 2.30 bits per heavy atom. The third kappa shape index (κ3) is 3.13. The number of carbonyl (C=O) groups is 1. The molecule has 0 radical (unpaired) electrons. The molecule has 0 fully saturated rings. The second-order valence-corrected chi connectivity index (χ2v) is 5.15. The highest BCUT2D eigenvalue weighted by Gasteiger charge is 2.19. The minimum absolute atomic E-state index is 0.0534. The number of carbonyl (C=O) groups excluding carboxylic acids is 1. The first-order valence-corrected chi connectivity index (χ1v) is 6.46. The van der Waals surface area contributed by atoms with E-state index >= 15 is 0 Å². The standard InChI is InChI=1S/C13H6BrClF3NO/c14-6-3-9(17)12(10(18)4-6)13(20)19-11-5-7(16)1-2-8(11)15/h1-5H,(H,19,20). The maximum Gasteiger partial charge on any atom is 0.261 e. The van der Waals surface area contributed by atoms with Gasteiger partial charge in [-0.15, -0.1) is 0 Å². The molecule has 0 unspecified atom stereocenters. The van der Waals surface area contributed by atoms with E-state index in [-0.39, 0.29) is 15.2 Å². The predicted octanol–water partition coefficient (Wildman–Crippen LogP) is 4.77. The van der Waals surface area contributed by atoms with E-state index in [0.717, 1.165) is 24.3 Å². The average molecular weight is 365 g/mol. The SMILES string of the molecule is O=C(Nc1cc(F)ccc1Cl)c1c(F)cc(Br)cc1F. The van der Waals surface area contributed by atoms with Gasteiger partial charge in [0, 0.05) is 4.47 Å². The fourth-order valence-corrected chi connectivity index (χ4v) is 2.10. The van der Waals surface area contributed by atoms with Crippen molar-refractivity contribution in [2.75, 3.05) is 5.32 Å².